The molecule has 2 heterocycles. The van der Waals surface area contributed by atoms with E-state index in [1.54, 1.807) is 0 Å². The van der Waals surface area contributed by atoms with Crippen LogP contribution in [0.15, 0.2) is 30.3 Å². The molecule has 1 aromatic rings. The number of carbonyl (C=O) groups is 1. The van der Waals surface area contributed by atoms with E-state index in [1.807, 2.05) is 35.2 Å². The molecule has 4 rings (SSSR count). The van der Waals surface area contributed by atoms with Crippen molar-refractivity contribution in [2.75, 3.05) is 52.4 Å². The van der Waals surface area contributed by atoms with E-state index in [9.17, 15) is 4.79 Å². The smallest absolute Gasteiger partial charge is 0.410 e. The number of hydrogen-bond acceptors (Lipinski definition) is 4. The van der Waals surface area contributed by atoms with Crippen LogP contribution in [0.4, 0.5) is 4.79 Å². The molecule has 31 heavy (non-hydrogen) atoms. The van der Waals surface area contributed by atoms with Crippen LogP contribution in [0.1, 0.15) is 51.5 Å². The molecule has 0 bridgehead atoms. The zero-order chi connectivity index (χ0) is 21.7. The zero-order valence-electron chi connectivity index (χ0n) is 19.6. The predicted octanol–water partition coefficient (Wildman–Crippen LogP) is 4.48. The molecule has 0 radical (unpaired) electrons. The summed E-state index contributed by atoms with van der Waals surface area (Å²) in [6, 6.07) is 9.91. The first kappa shape index (κ1) is 22.6. The highest BCUT2D eigenvalue weighted by Crippen LogP contribution is 2.51. The van der Waals surface area contributed by atoms with E-state index in [-0.39, 0.29) is 6.09 Å². The average Bonchev–Trinajstić information content (AvgIpc) is 3.52. The third-order valence-electron chi connectivity index (χ3n) is 7.42. The van der Waals surface area contributed by atoms with Gasteiger partial charge in [0, 0.05) is 39.3 Å². The molecule has 1 aromatic carbocycles. The van der Waals surface area contributed by atoms with E-state index in [1.165, 1.54) is 58.3 Å². The first-order chi connectivity index (χ1) is 15.0. The minimum atomic E-state index is -0.174. The van der Waals surface area contributed by atoms with Crippen molar-refractivity contribution in [3.63, 3.8) is 0 Å². The maximum absolute atomic E-state index is 12.4. The molecule has 2 saturated heterocycles. The van der Waals surface area contributed by atoms with Gasteiger partial charge in [0.15, 0.2) is 0 Å². The summed E-state index contributed by atoms with van der Waals surface area (Å²) in [6.45, 7) is 13.7. The fourth-order valence-electron chi connectivity index (χ4n) is 5.56. The molecular formula is C26H41N3O2. The molecule has 3 fully saturated rings. The standard InChI is InChI=1S/C26H41N3O2/c1-22(2)18-26(10-11-26)21-28-12-8-23(9-13-28)19-27-14-16-29(17-15-27)25(30)31-20-24-6-4-3-5-7-24/h3-7,22-23H,8-21H2,1-2H3. The van der Waals surface area contributed by atoms with Gasteiger partial charge in [0.05, 0.1) is 0 Å². The van der Waals surface area contributed by atoms with Crippen LogP contribution in [0.3, 0.4) is 0 Å². The molecule has 5 nitrogen and oxygen atoms in total. The molecule has 1 aliphatic carbocycles. The van der Waals surface area contributed by atoms with Crippen LogP contribution in [0, 0.1) is 17.3 Å². The Kier molecular flexibility index (Phi) is 7.55. The maximum Gasteiger partial charge on any atom is 0.410 e. The fourth-order valence-corrected chi connectivity index (χ4v) is 5.56. The number of amides is 1. The van der Waals surface area contributed by atoms with E-state index in [0.717, 1.165) is 43.6 Å². The molecular weight excluding hydrogens is 386 g/mol. The Morgan fingerprint density at radius 2 is 1.68 bits per heavy atom. The van der Waals surface area contributed by atoms with Crippen LogP contribution in [-0.2, 0) is 11.3 Å². The van der Waals surface area contributed by atoms with Gasteiger partial charge >= 0.3 is 6.09 Å². The molecule has 3 aliphatic rings. The van der Waals surface area contributed by atoms with Crippen LogP contribution < -0.4 is 0 Å². The number of benzene rings is 1. The second-order valence-corrected chi connectivity index (χ2v) is 10.6. The third kappa shape index (κ3) is 6.69. The van der Waals surface area contributed by atoms with Crippen molar-refractivity contribution in [3.05, 3.63) is 35.9 Å². The molecule has 0 unspecified atom stereocenters. The van der Waals surface area contributed by atoms with Gasteiger partial charge in [-0.05, 0) is 68.0 Å². The molecule has 5 heteroatoms. The van der Waals surface area contributed by atoms with E-state index < -0.39 is 0 Å². The van der Waals surface area contributed by atoms with Crippen molar-refractivity contribution in [2.24, 2.45) is 17.3 Å². The monoisotopic (exact) mass is 427 g/mol. The molecule has 0 atom stereocenters. The largest absolute Gasteiger partial charge is 0.445 e. The number of ether oxygens (including phenoxy) is 1. The van der Waals surface area contributed by atoms with Gasteiger partial charge in [-0.15, -0.1) is 0 Å². The normalized spacial score (nSPS) is 22.6. The second kappa shape index (κ2) is 10.4. The van der Waals surface area contributed by atoms with E-state index in [2.05, 4.69) is 23.6 Å². The summed E-state index contributed by atoms with van der Waals surface area (Å²) in [7, 11) is 0. The van der Waals surface area contributed by atoms with Crippen LogP contribution in [0.25, 0.3) is 0 Å². The number of carbonyl (C=O) groups excluding carboxylic acids is 1. The minimum absolute atomic E-state index is 0.174. The minimum Gasteiger partial charge on any atom is -0.445 e. The van der Waals surface area contributed by atoms with E-state index in [4.69, 9.17) is 4.74 Å². The van der Waals surface area contributed by atoms with Crippen molar-refractivity contribution in [3.8, 4) is 0 Å². The fraction of sp³-hybridized carbons (Fsp3) is 0.731. The summed E-state index contributed by atoms with van der Waals surface area (Å²) in [5.41, 5.74) is 1.70. The number of hydrogen-bond donors (Lipinski definition) is 0. The quantitative estimate of drug-likeness (QED) is 0.613. The molecule has 0 N–H and O–H groups in total. The lowest BCUT2D eigenvalue weighted by molar-refractivity contribution is 0.0610. The van der Waals surface area contributed by atoms with Gasteiger partial charge in [-0.3, -0.25) is 4.90 Å². The lowest BCUT2D eigenvalue weighted by atomic mass is 9.91. The van der Waals surface area contributed by atoms with E-state index in [0.29, 0.717) is 12.0 Å². The van der Waals surface area contributed by atoms with Crippen molar-refractivity contribution < 1.29 is 9.53 Å². The van der Waals surface area contributed by atoms with Gasteiger partial charge in [0.25, 0.3) is 0 Å². The third-order valence-corrected chi connectivity index (χ3v) is 7.42. The Morgan fingerprint density at radius 1 is 1.00 bits per heavy atom. The molecule has 0 aromatic heterocycles. The van der Waals surface area contributed by atoms with Gasteiger partial charge in [-0.25, -0.2) is 4.79 Å². The Bertz CT molecular complexity index is 688. The summed E-state index contributed by atoms with van der Waals surface area (Å²) in [5.74, 6) is 1.64. The molecule has 2 aliphatic heterocycles. The van der Waals surface area contributed by atoms with Crippen LogP contribution in [-0.4, -0.2) is 73.2 Å². The topological polar surface area (TPSA) is 36.0 Å². The summed E-state index contributed by atoms with van der Waals surface area (Å²) in [4.78, 5) is 19.5. The van der Waals surface area contributed by atoms with Crippen molar-refractivity contribution >= 4 is 6.09 Å². The number of rotatable bonds is 8. The highest BCUT2D eigenvalue weighted by Gasteiger charge is 2.44. The van der Waals surface area contributed by atoms with Gasteiger partial charge in [-0.1, -0.05) is 44.2 Å². The molecule has 1 saturated carbocycles. The number of piperazine rings is 1. The summed E-state index contributed by atoms with van der Waals surface area (Å²) in [6.07, 6.45) is 6.79. The lowest BCUT2D eigenvalue weighted by Gasteiger charge is -2.39. The SMILES string of the molecule is CC(C)CC1(CN2CCC(CN3CCN(C(=O)OCc4ccccc4)CC3)CC2)CC1. The Balaban J connectivity index is 1.11. The second-order valence-electron chi connectivity index (χ2n) is 10.6. The van der Waals surface area contributed by atoms with Crippen molar-refractivity contribution in [2.45, 2.75) is 52.6 Å². The lowest BCUT2D eigenvalue weighted by Crippen LogP contribution is -2.50. The first-order valence-electron chi connectivity index (χ1n) is 12.4. The van der Waals surface area contributed by atoms with Crippen LogP contribution in [0.5, 0.6) is 0 Å². The molecule has 1 amide bonds. The number of likely N-dealkylation sites (tertiary alicyclic amines) is 1. The van der Waals surface area contributed by atoms with Crippen LogP contribution in [0.2, 0.25) is 0 Å². The first-order valence-corrected chi connectivity index (χ1v) is 12.4. The predicted molar refractivity (Wildman–Crippen MR) is 125 cm³/mol. The van der Waals surface area contributed by atoms with E-state index >= 15 is 0 Å². The van der Waals surface area contributed by atoms with Crippen molar-refractivity contribution in [1.82, 2.24) is 14.7 Å². The summed E-state index contributed by atoms with van der Waals surface area (Å²) in [5, 5.41) is 0. The Hall–Kier alpha value is -1.59. The number of nitrogens with zero attached hydrogens (tertiary/aromatic N) is 3. The van der Waals surface area contributed by atoms with Gasteiger partial charge in [0.1, 0.15) is 6.61 Å². The summed E-state index contributed by atoms with van der Waals surface area (Å²) >= 11 is 0. The maximum atomic E-state index is 12.4. The zero-order valence-corrected chi connectivity index (χ0v) is 19.6. The van der Waals surface area contributed by atoms with Gasteiger partial charge in [-0.2, -0.15) is 0 Å². The Morgan fingerprint density at radius 3 is 2.29 bits per heavy atom. The highest BCUT2D eigenvalue weighted by molar-refractivity contribution is 5.67. The average molecular weight is 428 g/mol. The highest BCUT2D eigenvalue weighted by atomic mass is 16.6. The number of piperidine rings is 1. The summed E-state index contributed by atoms with van der Waals surface area (Å²) < 4.78 is 5.50. The molecule has 172 valence electrons. The Labute approximate surface area is 188 Å². The molecule has 0 spiro atoms. The van der Waals surface area contributed by atoms with Crippen molar-refractivity contribution in [1.29, 1.82) is 0 Å². The van der Waals surface area contributed by atoms with Crippen LogP contribution >= 0.6 is 0 Å². The van der Waals surface area contributed by atoms with Gasteiger partial charge in [0.2, 0.25) is 0 Å². The van der Waals surface area contributed by atoms with Gasteiger partial charge < -0.3 is 14.5 Å².